The molecule has 0 aromatic heterocycles. The molecule has 0 saturated heterocycles. The summed E-state index contributed by atoms with van der Waals surface area (Å²) in [5.74, 6) is 1.97. The Bertz CT molecular complexity index is 642. The second-order valence-electron chi connectivity index (χ2n) is 13.0. The van der Waals surface area contributed by atoms with Gasteiger partial charge in [0.15, 0.2) is 0 Å². The minimum atomic E-state index is 0.207. The van der Waals surface area contributed by atoms with Crippen molar-refractivity contribution in [3.63, 3.8) is 0 Å². The largest absolute Gasteiger partial charge is 0.379 e. The molecule has 0 amide bonds. The molecule has 1 atom stereocenters. The number of allylic oxidation sites excluding steroid dienone is 8. The standard InChI is InChI=1S/C42H79NO2S2/c1-4-6-8-10-12-14-16-18-20-22-24-26-28-30-32-34-36-38-45-42(40-46-47-41-43-3)39-44-37-35-33-31-29-27-25-23-21-19-17-15-13-11-9-7-5-2/h12-15,18-21,42-43H,4-11,16-17,22-41H2,1-3H3/b14-12-,15-13-,20-18-,21-19-. The molecular formula is C42H79NO2S2. The number of unbranched alkanes of at least 4 members (excludes halogenated alkanes) is 19. The number of rotatable bonds is 39. The molecule has 0 aliphatic heterocycles. The summed E-state index contributed by atoms with van der Waals surface area (Å²) in [4.78, 5) is 0. The molecular weight excluding hydrogens is 615 g/mol. The van der Waals surface area contributed by atoms with Gasteiger partial charge in [-0.15, -0.1) is 0 Å². The number of hydrogen-bond donors (Lipinski definition) is 1. The van der Waals surface area contributed by atoms with Crippen molar-refractivity contribution in [1.29, 1.82) is 0 Å². The molecule has 0 aliphatic carbocycles. The van der Waals surface area contributed by atoms with Crippen LogP contribution in [0, 0.1) is 0 Å². The van der Waals surface area contributed by atoms with Gasteiger partial charge in [0.1, 0.15) is 0 Å². The van der Waals surface area contributed by atoms with E-state index in [2.05, 4.69) is 67.8 Å². The third-order valence-corrected chi connectivity index (χ3v) is 10.6. The first-order valence-electron chi connectivity index (χ1n) is 20.0. The van der Waals surface area contributed by atoms with E-state index in [4.69, 9.17) is 9.47 Å². The SMILES string of the molecule is CCCCC/C=C\C/C=C\CCCCCCCCCOC(COCCCCCCCC/C=C\C/C=C\CCCCC)CSSCNC. The molecule has 0 aromatic carbocycles. The van der Waals surface area contributed by atoms with Crippen molar-refractivity contribution in [2.24, 2.45) is 0 Å². The molecule has 1 unspecified atom stereocenters. The van der Waals surface area contributed by atoms with Crippen molar-refractivity contribution in [2.75, 3.05) is 38.5 Å². The molecule has 0 fully saturated rings. The van der Waals surface area contributed by atoms with Crippen LogP contribution in [-0.4, -0.2) is 44.6 Å². The van der Waals surface area contributed by atoms with E-state index in [1.165, 1.54) is 148 Å². The van der Waals surface area contributed by atoms with Gasteiger partial charge < -0.3 is 14.8 Å². The molecule has 47 heavy (non-hydrogen) atoms. The highest BCUT2D eigenvalue weighted by Gasteiger charge is 2.10. The zero-order valence-electron chi connectivity index (χ0n) is 31.5. The van der Waals surface area contributed by atoms with Gasteiger partial charge in [-0.2, -0.15) is 0 Å². The summed E-state index contributed by atoms with van der Waals surface area (Å²) in [6, 6.07) is 0. The second kappa shape index (κ2) is 43.6. The lowest BCUT2D eigenvalue weighted by Crippen LogP contribution is -2.23. The van der Waals surface area contributed by atoms with Crippen LogP contribution < -0.4 is 5.32 Å². The van der Waals surface area contributed by atoms with Crippen LogP contribution in [0.3, 0.4) is 0 Å². The first kappa shape index (κ1) is 46.5. The third-order valence-electron chi connectivity index (χ3n) is 8.28. The first-order chi connectivity index (χ1) is 23.3. The Balaban J connectivity index is 3.70. The van der Waals surface area contributed by atoms with Gasteiger partial charge in [-0.1, -0.05) is 168 Å². The van der Waals surface area contributed by atoms with Crippen LogP contribution in [-0.2, 0) is 9.47 Å². The molecule has 0 spiro atoms. The topological polar surface area (TPSA) is 30.5 Å². The van der Waals surface area contributed by atoms with Gasteiger partial charge in [0.25, 0.3) is 0 Å². The van der Waals surface area contributed by atoms with E-state index in [0.29, 0.717) is 0 Å². The summed E-state index contributed by atoms with van der Waals surface area (Å²) in [6.45, 7) is 7.00. The molecule has 5 heteroatoms. The first-order valence-corrected chi connectivity index (χ1v) is 22.5. The fraction of sp³-hybridized carbons (Fsp3) is 0.810. The summed E-state index contributed by atoms with van der Waals surface area (Å²) < 4.78 is 12.4. The summed E-state index contributed by atoms with van der Waals surface area (Å²) in [7, 11) is 5.77. The van der Waals surface area contributed by atoms with E-state index in [-0.39, 0.29) is 6.10 Å². The Morgan fingerprint density at radius 2 is 0.915 bits per heavy atom. The van der Waals surface area contributed by atoms with Crippen LogP contribution in [0.15, 0.2) is 48.6 Å². The lowest BCUT2D eigenvalue weighted by molar-refractivity contribution is -0.00609. The van der Waals surface area contributed by atoms with Gasteiger partial charge in [-0.05, 0) is 84.1 Å². The Morgan fingerprint density at radius 1 is 0.489 bits per heavy atom. The molecule has 0 bridgehead atoms. The fourth-order valence-corrected chi connectivity index (χ4v) is 7.28. The van der Waals surface area contributed by atoms with E-state index in [9.17, 15) is 0 Å². The Hall–Kier alpha value is -0.460. The van der Waals surface area contributed by atoms with Gasteiger partial charge in [0.2, 0.25) is 0 Å². The maximum atomic E-state index is 6.28. The zero-order chi connectivity index (χ0) is 34.0. The molecule has 0 rings (SSSR count). The predicted octanol–water partition coefficient (Wildman–Crippen LogP) is 14.0. The molecule has 276 valence electrons. The van der Waals surface area contributed by atoms with Gasteiger partial charge in [-0.3, -0.25) is 0 Å². The van der Waals surface area contributed by atoms with Crippen LogP contribution in [0.4, 0.5) is 0 Å². The lowest BCUT2D eigenvalue weighted by atomic mass is 10.1. The van der Waals surface area contributed by atoms with Crippen molar-refractivity contribution >= 4 is 21.6 Å². The number of ether oxygens (including phenoxy) is 2. The highest BCUT2D eigenvalue weighted by Crippen LogP contribution is 2.22. The van der Waals surface area contributed by atoms with Crippen molar-refractivity contribution in [1.82, 2.24) is 5.32 Å². The molecule has 0 aliphatic rings. The van der Waals surface area contributed by atoms with E-state index in [0.717, 1.165) is 44.3 Å². The molecule has 0 saturated carbocycles. The summed E-state index contributed by atoms with van der Waals surface area (Å²) in [5.41, 5.74) is 0. The summed E-state index contributed by atoms with van der Waals surface area (Å²) >= 11 is 0. The van der Waals surface area contributed by atoms with Crippen LogP contribution in [0.5, 0.6) is 0 Å². The van der Waals surface area contributed by atoms with Crippen molar-refractivity contribution < 1.29 is 9.47 Å². The Labute approximate surface area is 302 Å². The van der Waals surface area contributed by atoms with E-state index in [1.807, 2.05) is 28.6 Å². The normalized spacial score (nSPS) is 13.0. The van der Waals surface area contributed by atoms with E-state index in [1.54, 1.807) is 0 Å². The average molecular weight is 694 g/mol. The summed E-state index contributed by atoms with van der Waals surface area (Å²) in [5, 5.41) is 3.21. The van der Waals surface area contributed by atoms with Gasteiger partial charge in [0, 0.05) is 19.0 Å². The maximum absolute atomic E-state index is 6.28. The smallest absolute Gasteiger partial charge is 0.0906 e. The highest BCUT2D eigenvalue weighted by molar-refractivity contribution is 8.76. The molecule has 3 nitrogen and oxygen atoms in total. The second-order valence-corrected chi connectivity index (χ2v) is 15.5. The Kier molecular flexibility index (Phi) is 43.1. The number of nitrogens with one attached hydrogen (secondary N) is 1. The monoisotopic (exact) mass is 694 g/mol. The number of hydrogen-bond acceptors (Lipinski definition) is 5. The molecule has 0 radical (unpaired) electrons. The minimum Gasteiger partial charge on any atom is -0.379 e. The van der Waals surface area contributed by atoms with Gasteiger partial charge in [0.05, 0.1) is 18.6 Å². The molecule has 0 aromatic rings. The van der Waals surface area contributed by atoms with Crippen LogP contribution in [0.2, 0.25) is 0 Å². The van der Waals surface area contributed by atoms with Crippen molar-refractivity contribution in [3.8, 4) is 0 Å². The van der Waals surface area contributed by atoms with Gasteiger partial charge >= 0.3 is 0 Å². The molecule has 1 N–H and O–H groups in total. The third kappa shape index (κ3) is 41.6. The van der Waals surface area contributed by atoms with Gasteiger partial charge in [-0.25, -0.2) is 0 Å². The zero-order valence-corrected chi connectivity index (χ0v) is 33.2. The average Bonchev–Trinajstić information content (AvgIpc) is 3.08. The van der Waals surface area contributed by atoms with Crippen molar-refractivity contribution in [2.45, 2.75) is 180 Å². The van der Waals surface area contributed by atoms with E-state index >= 15 is 0 Å². The van der Waals surface area contributed by atoms with E-state index < -0.39 is 0 Å². The minimum absolute atomic E-state index is 0.207. The van der Waals surface area contributed by atoms with Crippen molar-refractivity contribution in [3.05, 3.63) is 48.6 Å². The highest BCUT2D eigenvalue weighted by atomic mass is 33.1. The molecule has 0 heterocycles. The predicted molar refractivity (Wildman–Crippen MR) is 218 cm³/mol. The lowest BCUT2D eigenvalue weighted by Gasteiger charge is -2.18. The fourth-order valence-electron chi connectivity index (χ4n) is 5.29. The van der Waals surface area contributed by atoms with Crippen LogP contribution in [0.25, 0.3) is 0 Å². The Morgan fingerprint density at radius 3 is 1.38 bits per heavy atom. The van der Waals surface area contributed by atoms with Crippen LogP contribution in [0.1, 0.15) is 174 Å². The quantitative estimate of drug-likeness (QED) is 0.0300. The maximum Gasteiger partial charge on any atom is 0.0906 e. The van der Waals surface area contributed by atoms with Crippen LogP contribution >= 0.6 is 21.6 Å². The summed E-state index contributed by atoms with van der Waals surface area (Å²) in [6.07, 6.45) is 51.2.